The summed E-state index contributed by atoms with van der Waals surface area (Å²) in [7, 11) is -8.84. The van der Waals surface area contributed by atoms with Crippen LogP contribution in [0.5, 0.6) is 0 Å². The number of aryl methyl sites for hydroxylation is 3. The van der Waals surface area contributed by atoms with Gasteiger partial charge >= 0.3 is 41.5 Å². The van der Waals surface area contributed by atoms with Gasteiger partial charge in [-0.15, -0.1) is 22.7 Å². The predicted molar refractivity (Wildman–Crippen MR) is 287 cm³/mol. The van der Waals surface area contributed by atoms with Crippen molar-refractivity contribution >= 4 is 81.6 Å². The van der Waals surface area contributed by atoms with Crippen LogP contribution in [-0.2, 0) is 56.7 Å². The third-order valence-electron chi connectivity index (χ3n) is 10.3. The molecule has 0 unspecified atom stereocenters. The first-order chi connectivity index (χ1) is 34.7. The molecule has 24 heteroatoms. The number of carbonyl (C=O) groups is 5. The molecule has 0 radical (unpaired) electrons. The van der Waals surface area contributed by atoms with Gasteiger partial charge in [0.05, 0.1) is 70.2 Å². The topological polar surface area (TPSA) is 311 Å². The Morgan fingerprint density at radius 3 is 1.33 bits per heavy atom. The number of esters is 1. The summed E-state index contributed by atoms with van der Waals surface area (Å²) < 4.78 is 73.3. The smallest absolute Gasteiger partial charge is 0.870 e. The van der Waals surface area contributed by atoms with Crippen LogP contribution < -0.4 is 40.6 Å². The number of carboxylic acid groups (broad SMARTS) is 1. The van der Waals surface area contributed by atoms with Crippen molar-refractivity contribution < 1.29 is 94.1 Å². The molecule has 7 rings (SSSR count). The SMILES string of the molecule is COC(=O)c1ccc(C)c(S(C)(=O)=O)c1.Cc1ccc(C(=O)NCC(=O)Cc2nc(-c3ccccc3)cs2)cc1S(C)(=O)=O.Cc1ccc(C(=O)O)cc1S(C)(=O)=O.NCC(=O)Cc1nc(-c2ccccc2)cs1.[Na+].[OH-]. The zero-order valence-corrected chi connectivity index (χ0v) is 48.8. The van der Waals surface area contributed by atoms with Gasteiger partial charge in [0.15, 0.2) is 41.1 Å². The van der Waals surface area contributed by atoms with E-state index in [1.807, 2.05) is 71.4 Å². The first-order valence-electron chi connectivity index (χ1n) is 22.0. The van der Waals surface area contributed by atoms with Crippen molar-refractivity contribution in [1.29, 1.82) is 0 Å². The van der Waals surface area contributed by atoms with E-state index in [2.05, 4.69) is 20.0 Å². The van der Waals surface area contributed by atoms with Crippen LogP contribution in [0.4, 0.5) is 0 Å². The summed E-state index contributed by atoms with van der Waals surface area (Å²) >= 11 is 2.90. The molecule has 0 saturated heterocycles. The first-order valence-corrected chi connectivity index (χ1v) is 29.4. The molecule has 2 heterocycles. The van der Waals surface area contributed by atoms with Crippen molar-refractivity contribution in [3.8, 4) is 22.5 Å². The Kier molecular flexibility index (Phi) is 26.0. The molecule has 5 aromatic carbocycles. The summed E-state index contributed by atoms with van der Waals surface area (Å²) in [5.74, 6) is -2.32. The Bertz CT molecular complexity index is 3500. The average molecular weight is 1140 g/mol. The fourth-order valence-electron chi connectivity index (χ4n) is 6.54. The summed E-state index contributed by atoms with van der Waals surface area (Å²) in [5, 5.41) is 16.6. The zero-order chi connectivity index (χ0) is 55.0. The van der Waals surface area contributed by atoms with Gasteiger partial charge in [-0.3, -0.25) is 14.4 Å². The molecule has 0 aliphatic rings. The molecule has 0 spiro atoms. The number of carbonyl (C=O) groups excluding carboxylic acids is 4. The van der Waals surface area contributed by atoms with Crippen molar-refractivity contribution in [2.75, 3.05) is 39.0 Å². The number of hydrogen-bond donors (Lipinski definition) is 3. The summed E-state index contributed by atoms with van der Waals surface area (Å²) in [6.07, 6.45) is 3.73. The normalized spacial score (nSPS) is 10.7. The standard InChI is InChI=1S/C21H20N2O4S2.C12H12N2OS.C10H12O4S.C9H10O4S.Na.H2O/c1-14-8-9-16(10-19(14)29(2,26)27)21(25)22-12-17(24)11-20-23-18(13-28-20)15-6-4-3-5-7-15;13-7-10(15)6-12-14-11(8-16-12)9-4-2-1-3-5-9;1-7-4-5-8(10(11)14-2)6-9(7)15(3,12)13;1-6-3-4-7(9(10)11)5-8(6)14(2,12)13;;/h3-10,13H,11-12H2,1-2H3,(H,22,25);1-5,8H,6-7,13H2;4-6H,1-3H3;3-5H,1-2H3,(H,10,11);;1H2/q;;;;+1;/p-1. The second-order valence-corrected chi connectivity index (χ2v) is 24.2. The fraction of sp³-hybridized carbons (Fsp3) is 0.212. The van der Waals surface area contributed by atoms with Crippen molar-refractivity contribution in [2.45, 2.75) is 48.3 Å². The number of rotatable bonds is 15. The van der Waals surface area contributed by atoms with Crippen LogP contribution in [0.3, 0.4) is 0 Å². The molecule has 7 aromatic rings. The third kappa shape index (κ3) is 20.4. The number of aromatic nitrogens is 2. The summed E-state index contributed by atoms with van der Waals surface area (Å²) in [4.78, 5) is 66.7. The number of Topliss-reactive ketones (excluding diaryl/α,β-unsaturated/α-hetero) is 2. The molecule has 0 bridgehead atoms. The maximum absolute atomic E-state index is 12.3. The summed E-state index contributed by atoms with van der Waals surface area (Å²) in [5.41, 5.74) is 11.2. The minimum absolute atomic E-state index is 0. The van der Waals surface area contributed by atoms with Crippen LogP contribution in [0, 0.1) is 20.8 Å². The molecule has 0 saturated carbocycles. The molecule has 2 aromatic heterocycles. The Hall–Kier alpha value is -6.12. The number of nitrogens with zero attached hydrogens (tertiary/aromatic N) is 2. The molecule has 1 amide bonds. The maximum Gasteiger partial charge on any atom is 1.00 e. The fourth-order valence-corrected chi connectivity index (χ4v) is 11.2. The van der Waals surface area contributed by atoms with Crippen LogP contribution in [0.15, 0.2) is 141 Å². The molecule has 0 aliphatic carbocycles. The van der Waals surface area contributed by atoms with E-state index in [1.165, 1.54) is 72.2 Å². The molecule has 0 fully saturated rings. The number of aromatic carboxylic acids is 1. The Balaban J connectivity index is 0.000000363. The van der Waals surface area contributed by atoms with E-state index < -0.39 is 47.4 Å². The number of benzene rings is 5. The van der Waals surface area contributed by atoms with Gasteiger partial charge in [-0.2, -0.15) is 0 Å². The molecule has 76 heavy (non-hydrogen) atoms. The number of amides is 1. The van der Waals surface area contributed by atoms with Crippen molar-refractivity contribution in [1.82, 2.24) is 15.3 Å². The zero-order valence-electron chi connectivity index (χ0n) is 42.8. The molecular formula is C52H55N4NaO14S5. The summed E-state index contributed by atoms with van der Waals surface area (Å²) in [6, 6.07) is 32.5. The monoisotopic (exact) mass is 1140 g/mol. The van der Waals surface area contributed by atoms with E-state index in [1.54, 1.807) is 32.9 Å². The molecule has 398 valence electrons. The third-order valence-corrected chi connectivity index (χ3v) is 15.7. The minimum atomic E-state index is -3.44. The van der Waals surface area contributed by atoms with Crippen LogP contribution >= 0.6 is 22.7 Å². The Labute approximate surface area is 472 Å². The second kappa shape index (κ2) is 30.0. The number of hydrogen-bond acceptors (Lipinski definition) is 18. The number of ether oxygens (including phenoxy) is 1. The number of sulfone groups is 3. The minimum Gasteiger partial charge on any atom is -0.870 e. The number of methoxy groups -OCH3 is 1. The predicted octanol–water partition coefficient (Wildman–Crippen LogP) is 4.05. The molecule has 18 nitrogen and oxygen atoms in total. The van der Waals surface area contributed by atoms with Gasteiger partial charge in [-0.05, 0) is 73.9 Å². The van der Waals surface area contributed by atoms with Gasteiger partial charge in [-0.1, -0.05) is 78.9 Å². The van der Waals surface area contributed by atoms with Crippen molar-refractivity contribution in [3.63, 3.8) is 0 Å². The number of thiazole rings is 2. The molecule has 0 atom stereocenters. The second-order valence-electron chi connectivity index (χ2n) is 16.4. The van der Waals surface area contributed by atoms with E-state index in [0.717, 1.165) is 46.3 Å². The number of nitrogens with one attached hydrogen (secondary N) is 1. The van der Waals surface area contributed by atoms with E-state index in [9.17, 15) is 49.2 Å². The van der Waals surface area contributed by atoms with E-state index in [4.69, 9.17) is 10.8 Å². The number of carboxylic acids is 1. The van der Waals surface area contributed by atoms with Crippen LogP contribution in [0.2, 0.25) is 0 Å². The van der Waals surface area contributed by atoms with Gasteiger partial charge in [0.25, 0.3) is 5.91 Å². The van der Waals surface area contributed by atoms with Gasteiger partial charge in [-0.25, -0.2) is 44.8 Å². The van der Waals surface area contributed by atoms with E-state index in [-0.39, 0.29) is 97.5 Å². The average Bonchev–Trinajstić information content (AvgIpc) is 4.03. The van der Waals surface area contributed by atoms with E-state index in [0.29, 0.717) is 28.1 Å². The number of nitrogens with two attached hydrogens (primary N) is 1. The first kappa shape index (κ1) is 66.0. The van der Waals surface area contributed by atoms with Gasteiger partial charge < -0.3 is 26.4 Å². The van der Waals surface area contributed by atoms with E-state index >= 15 is 0 Å². The Morgan fingerprint density at radius 1 is 0.579 bits per heavy atom. The molecule has 0 aliphatic heterocycles. The number of ketones is 2. The molecular weight excluding hydrogens is 1090 g/mol. The quantitative estimate of drug-likeness (QED) is 0.0963. The van der Waals surface area contributed by atoms with Crippen LogP contribution in [0.25, 0.3) is 22.5 Å². The largest absolute Gasteiger partial charge is 1.00 e. The van der Waals surface area contributed by atoms with Crippen LogP contribution in [0.1, 0.15) is 57.8 Å². The molecule has 5 N–H and O–H groups in total. The van der Waals surface area contributed by atoms with Gasteiger partial charge in [0.1, 0.15) is 10.0 Å². The van der Waals surface area contributed by atoms with Crippen LogP contribution in [-0.4, -0.2) is 114 Å². The van der Waals surface area contributed by atoms with Gasteiger partial charge in [0.2, 0.25) is 0 Å². The maximum atomic E-state index is 12.3. The van der Waals surface area contributed by atoms with Crippen molar-refractivity contribution in [3.05, 3.63) is 169 Å². The Morgan fingerprint density at radius 2 is 0.947 bits per heavy atom. The van der Waals surface area contributed by atoms with Gasteiger partial charge in [0, 0.05) is 46.2 Å². The van der Waals surface area contributed by atoms with Crippen molar-refractivity contribution in [2.24, 2.45) is 5.73 Å². The summed E-state index contributed by atoms with van der Waals surface area (Å²) in [6.45, 7) is 4.90.